The van der Waals surface area contributed by atoms with Crippen LogP contribution in [0.3, 0.4) is 0 Å². The van der Waals surface area contributed by atoms with Crippen LogP contribution in [0.4, 0.5) is 0 Å². The van der Waals surface area contributed by atoms with E-state index < -0.39 is 0 Å². The molecule has 2 N–H and O–H groups in total. The van der Waals surface area contributed by atoms with Crippen molar-refractivity contribution in [3.8, 4) is 0 Å². The van der Waals surface area contributed by atoms with Crippen molar-refractivity contribution in [3.63, 3.8) is 0 Å². The molecule has 108 valence electrons. The number of amides is 1. The van der Waals surface area contributed by atoms with Gasteiger partial charge in [0.2, 0.25) is 5.91 Å². The van der Waals surface area contributed by atoms with E-state index in [0.717, 1.165) is 25.8 Å². The molecular weight excluding hydrogens is 248 g/mol. The third-order valence-electron chi connectivity index (χ3n) is 4.60. The number of carbonyl (C=O) groups is 1. The van der Waals surface area contributed by atoms with E-state index >= 15 is 0 Å². The van der Waals surface area contributed by atoms with Gasteiger partial charge in [-0.05, 0) is 30.4 Å². The highest BCUT2D eigenvalue weighted by Crippen LogP contribution is 2.19. The Hall–Kier alpha value is -1.35. The Balaban J connectivity index is 1.58. The molecule has 1 atom stereocenters. The van der Waals surface area contributed by atoms with Crippen molar-refractivity contribution >= 4 is 5.91 Å². The Labute approximate surface area is 121 Å². The lowest BCUT2D eigenvalue weighted by molar-refractivity contribution is -0.124. The second kappa shape index (κ2) is 6.40. The van der Waals surface area contributed by atoms with Crippen LogP contribution < -0.4 is 10.6 Å². The third kappa shape index (κ3) is 3.21. The van der Waals surface area contributed by atoms with E-state index in [0.29, 0.717) is 6.04 Å². The summed E-state index contributed by atoms with van der Waals surface area (Å²) in [5.74, 6) is 0.186. The summed E-state index contributed by atoms with van der Waals surface area (Å²) in [6, 6.07) is 8.73. The summed E-state index contributed by atoms with van der Waals surface area (Å²) in [6.07, 6.45) is 8.26. The van der Waals surface area contributed by atoms with Crippen molar-refractivity contribution in [3.05, 3.63) is 35.4 Å². The fraction of sp³-hybridized carbons (Fsp3) is 0.588. The number of benzene rings is 1. The summed E-state index contributed by atoms with van der Waals surface area (Å²) < 4.78 is 0. The number of nitrogens with one attached hydrogen (secondary N) is 2. The van der Waals surface area contributed by atoms with Gasteiger partial charge in [-0.1, -0.05) is 49.9 Å². The van der Waals surface area contributed by atoms with Gasteiger partial charge in [-0.25, -0.2) is 0 Å². The smallest absolute Gasteiger partial charge is 0.237 e. The van der Waals surface area contributed by atoms with E-state index in [2.05, 4.69) is 34.9 Å². The van der Waals surface area contributed by atoms with Crippen LogP contribution in [0.1, 0.15) is 49.7 Å². The van der Waals surface area contributed by atoms with Crippen LogP contribution >= 0.6 is 0 Å². The molecule has 1 amide bonds. The Kier molecular flexibility index (Phi) is 4.36. The minimum atomic E-state index is -0.0619. The van der Waals surface area contributed by atoms with Gasteiger partial charge in [-0.3, -0.25) is 4.79 Å². The van der Waals surface area contributed by atoms with Crippen molar-refractivity contribution in [1.29, 1.82) is 0 Å². The quantitative estimate of drug-likeness (QED) is 0.812. The largest absolute Gasteiger partial charge is 0.352 e. The van der Waals surface area contributed by atoms with Crippen molar-refractivity contribution in [2.45, 2.75) is 63.6 Å². The van der Waals surface area contributed by atoms with Gasteiger partial charge in [0.25, 0.3) is 0 Å². The first kappa shape index (κ1) is 13.6. The van der Waals surface area contributed by atoms with Gasteiger partial charge >= 0.3 is 0 Å². The predicted molar refractivity (Wildman–Crippen MR) is 80.4 cm³/mol. The Morgan fingerprint density at radius 2 is 1.75 bits per heavy atom. The fourth-order valence-corrected chi connectivity index (χ4v) is 3.37. The Morgan fingerprint density at radius 3 is 2.50 bits per heavy atom. The maximum Gasteiger partial charge on any atom is 0.237 e. The average Bonchev–Trinajstić information content (AvgIpc) is 2.75. The molecular formula is C17H24N2O. The first-order valence-electron chi connectivity index (χ1n) is 7.93. The topological polar surface area (TPSA) is 41.1 Å². The first-order valence-corrected chi connectivity index (χ1v) is 7.93. The lowest BCUT2D eigenvalue weighted by Gasteiger charge is -2.27. The highest BCUT2D eigenvalue weighted by molar-refractivity contribution is 5.82. The fourth-order valence-electron chi connectivity index (χ4n) is 3.37. The van der Waals surface area contributed by atoms with Gasteiger partial charge in [0, 0.05) is 12.6 Å². The van der Waals surface area contributed by atoms with E-state index in [1.54, 1.807) is 0 Å². The highest BCUT2D eigenvalue weighted by Gasteiger charge is 2.25. The molecule has 1 aromatic carbocycles. The van der Waals surface area contributed by atoms with Crippen LogP contribution in [-0.4, -0.2) is 18.0 Å². The zero-order chi connectivity index (χ0) is 13.8. The molecule has 1 fully saturated rings. The molecule has 3 nitrogen and oxygen atoms in total. The molecule has 1 saturated carbocycles. The second-order valence-corrected chi connectivity index (χ2v) is 6.10. The molecule has 1 aromatic rings. The van der Waals surface area contributed by atoms with E-state index in [1.165, 1.54) is 36.8 Å². The minimum Gasteiger partial charge on any atom is -0.352 e. The molecule has 20 heavy (non-hydrogen) atoms. The molecule has 1 heterocycles. The van der Waals surface area contributed by atoms with Crippen molar-refractivity contribution in [2.24, 2.45) is 0 Å². The number of hydrogen-bond acceptors (Lipinski definition) is 2. The van der Waals surface area contributed by atoms with Crippen LogP contribution in [0.5, 0.6) is 0 Å². The third-order valence-corrected chi connectivity index (χ3v) is 4.60. The van der Waals surface area contributed by atoms with Gasteiger partial charge in [0.05, 0.1) is 6.04 Å². The normalized spacial score (nSPS) is 23.7. The summed E-state index contributed by atoms with van der Waals surface area (Å²) in [5.41, 5.74) is 2.64. The monoisotopic (exact) mass is 272 g/mol. The molecule has 3 heteroatoms. The Bertz CT molecular complexity index is 464. The van der Waals surface area contributed by atoms with Gasteiger partial charge in [0.15, 0.2) is 0 Å². The van der Waals surface area contributed by atoms with Crippen molar-refractivity contribution < 1.29 is 4.79 Å². The summed E-state index contributed by atoms with van der Waals surface area (Å²) >= 11 is 0. The zero-order valence-corrected chi connectivity index (χ0v) is 12.0. The Morgan fingerprint density at radius 1 is 1.05 bits per heavy atom. The molecule has 0 aromatic heterocycles. The van der Waals surface area contributed by atoms with E-state index in [9.17, 15) is 4.79 Å². The number of rotatable bonds is 2. The van der Waals surface area contributed by atoms with Crippen molar-refractivity contribution in [2.75, 3.05) is 0 Å². The van der Waals surface area contributed by atoms with Crippen LogP contribution in [0, 0.1) is 0 Å². The molecule has 0 bridgehead atoms. The molecule has 1 unspecified atom stereocenters. The highest BCUT2D eigenvalue weighted by atomic mass is 16.2. The zero-order valence-electron chi connectivity index (χ0n) is 12.0. The summed E-state index contributed by atoms with van der Waals surface area (Å²) in [4.78, 5) is 12.4. The molecule has 0 saturated heterocycles. The van der Waals surface area contributed by atoms with Gasteiger partial charge in [-0.2, -0.15) is 0 Å². The molecule has 1 aliphatic carbocycles. The molecule has 3 rings (SSSR count). The maximum absolute atomic E-state index is 12.4. The first-order chi connectivity index (χ1) is 9.83. The van der Waals surface area contributed by atoms with Gasteiger partial charge in [0.1, 0.15) is 0 Å². The van der Waals surface area contributed by atoms with Gasteiger partial charge in [-0.15, -0.1) is 0 Å². The molecule has 0 spiro atoms. The van der Waals surface area contributed by atoms with Gasteiger partial charge < -0.3 is 10.6 Å². The summed E-state index contributed by atoms with van der Waals surface area (Å²) in [6.45, 7) is 0.804. The molecule has 1 aliphatic heterocycles. The van der Waals surface area contributed by atoms with E-state index in [4.69, 9.17) is 0 Å². The number of fused-ring (bicyclic) bond motifs is 1. The summed E-state index contributed by atoms with van der Waals surface area (Å²) in [5, 5.41) is 6.63. The summed E-state index contributed by atoms with van der Waals surface area (Å²) in [7, 11) is 0. The van der Waals surface area contributed by atoms with E-state index in [1.807, 2.05) is 0 Å². The van der Waals surface area contributed by atoms with Crippen molar-refractivity contribution in [1.82, 2.24) is 10.6 Å². The average molecular weight is 272 g/mol. The molecule has 2 aliphatic rings. The van der Waals surface area contributed by atoms with E-state index in [-0.39, 0.29) is 11.9 Å². The number of carbonyl (C=O) groups excluding carboxylic acids is 1. The van der Waals surface area contributed by atoms with Crippen LogP contribution in [0.25, 0.3) is 0 Å². The van der Waals surface area contributed by atoms with Crippen LogP contribution in [-0.2, 0) is 17.8 Å². The predicted octanol–water partition coefficient (Wildman–Crippen LogP) is 2.54. The molecule has 0 radical (unpaired) electrons. The van der Waals surface area contributed by atoms with Crippen LogP contribution in [0.15, 0.2) is 24.3 Å². The number of hydrogen-bond donors (Lipinski definition) is 2. The maximum atomic E-state index is 12.4. The SMILES string of the molecule is O=C(NC1CCCCCC1)C1Cc2ccccc2CN1. The lowest BCUT2D eigenvalue weighted by atomic mass is 9.95. The van der Waals surface area contributed by atoms with Crippen LogP contribution in [0.2, 0.25) is 0 Å². The minimum absolute atomic E-state index is 0.0619. The lowest BCUT2D eigenvalue weighted by Crippen LogP contribution is -2.50. The standard InChI is InChI=1S/C17H24N2O/c20-17(19-15-9-3-1-2-4-10-15)16-11-13-7-5-6-8-14(13)12-18-16/h5-8,15-16,18H,1-4,9-12H2,(H,19,20). The second-order valence-electron chi connectivity index (χ2n) is 6.10.